The Morgan fingerprint density at radius 2 is 1.95 bits per heavy atom. The maximum atomic E-state index is 4.48. The lowest BCUT2D eigenvalue weighted by atomic mass is 10.1. The predicted molar refractivity (Wildman–Crippen MR) is 84.9 cm³/mol. The Morgan fingerprint density at radius 1 is 1.20 bits per heavy atom. The van der Waals surface area contributed by atoms with Gasteiger partial charge < -0.3 is 10.2 Å². The number of rotatable bonds is 6. The molecule has 0 saturated heterocycles. The van der Waals surface area contributed by atoms with Crippen LogP contribution in [-0.2, 0) is 6.54 Å². The van der Waals surface area contributed by atoms with E-state index in [0.29, 0.717) is 6.04 Å². The van der Waals surface area contributed by atoms with Gasteiger partial charge in [0.15, 0.2) is 0 Å². The molecule has 2 rings (SSSR count). The highest BCUT2D eigenvalue weighted by Crippen LogP contribution is 2.18. The van der Waals surface area contributed by atoms with E-state index in [0.717, 1.165) is 18.9 Å². The van der Waals surface area contributed by atoms with Gasteiger partial charge in [0.05, 0.1) is 0 Å². The molecular weight excluding hydrogens is 246 g/mol. The normalized spacial score (nSPS) is 12.2. The third-order valence-corrected chi connectivity index (χ3v) is 3.43. The van der Waals surface area contributed by atoms with Crippen molar-refractivity contribution >= 4 is 5.82 Å². The minimum Gasteiger partial charge on any atom is -0.355 e. The van der Waals surface area contributed by atoms with Gasteiger partial charge in [-0.2, -0.15) is 0 Å². The molecule has 0 amide bonds. The van der Waals surface area contributed by atoms with E-state index in [-0.39, 0.29) is 0 Å². The summed E-state index contributed by atoms with van der Waals surface area (Å²) in [6.45, 7) is 6.14. The predicted octanol–water partition coefficient (Wildman–Crippen LogP) is 3.39. The van der Waals surface area contributed by atoms with Crippen molar-refractivity contribution in [2.75, 3.05) is 18.5 Å². The first-order valence-electron chi connectivity index (χ1n) is 7.15. The highest BCUT2D eigenvalue weighted by molar-refractivity contribution is 5.41. The maximum Gasteiger partial charge on any atom is 0.128 e. The first kappa shape index (κ1) is 14.5. The smallest absolute Gasteiger partial charge is 0.128 e. The van der Waals surface area contributed by atoms with Gasteiger partial charge in [-0.15, -0.1) is 0 Å². The van der Waals surface area contributed by atoms with Crippen LogP contribution in [0.25, 0.3) is 0 Å². The molecular formula is C17H23N3. The number of aromatic nitrogens is 1. The molecule has 3 nitrogen and oxygen atoms in total. The number of anilines is 1. The molecule has 1 aromatic heterocycles. The van der Waals surface area contributed by atoms with E-state index < -0.39 is 0 Å². The van der Waals surface area contributed by atoms with E-state index >= 15 is 0 Å². The summed E-state index contributed by atoms with van der Waals surface area (Å²) in [5, 5.41) is 3.43. The van der Waals surface area contributed by atoms with Gasteiger partial charge in [-0.3, -0.25) is 0 Å². The van der Waals surface area contributed by atoms with Crippen molar-refractivity contribution in [3.8, 4) is 0 Å². The van der Waals surface area contributed by atoms with Gasteiger partial charge in [0.2, 0.25) is 0 Å². The Bertz CT molecular complexity index is 525. The lowest BCUT2D eigenvalue weighted by molar-refractivity contribution is 0.597. The van der Waals surface area contributed by atoms with Crippen molar-refractivity contribution in [3.05, 3.63) is 59.8 Å². The Labute approximate surface area is 121 Å². The number of benzene rings is 1. The van der Waals surface area contributed by atoms with Crippen molar-refractivity contribution in [1.29, 1.82) is 0 Å². The molecule has 0 aliphatic carbocycles. The molecule has 0 spiro atoms. The van der Waals surface area contributed by atoms with Crippen molar-refractivity contribution in [2.24, 2.45) is 0 Å². The zero-order valence-corrected chi connectivity index (χ0v) is 12.5. The standard InChI is InChI=1S/C17H23N3/c1-4-18-14(2)16-10-11-19-17(12-16)20(3)13-15-8-6-5-7-9-15/h5-12,14,18H,4,13H2,1-3H3. The van der Waals surface area contributed by atoms with Gasteiger partial charge in [0, 0.05) is 25.8 Å². The summed E-state index contributed by atoms with van der Waals surface area (Å²) in [4.78, 5) is 6.65. The summed E-state index contributed by atoms with van der Waals surface area (Å²) in [6, 6.07) is 15.1. The maximum absolute atomic E-state index is 4.48. The quantitative estimate of drug-likeness (QED) is 0.871. The van der Waals surface area contributed by atoms with E-state index in [4.69, 9.17) is 0 Å². The average Bonchev–Trinajstić information content (AvgIpc) is 2.48. The van der Waals surface area contributed by atoms with Crippen LogP contribution in [0.15, 0.2) is 48.7 Å². The van der Waals surface area contributed by atoms with Crippen LogP contribution in [0.3, 0.4) is 0 Å². The molecule has 1 aromatic carbocycles. The van der Waals surface area contributed by atoms with Gasteiger partial charge in [-0.1, -0.05) is 37.3 Å². The van der Waals surface area contributed by atoms with Gasteiger partial charge in [-0.25, -0.2) is 4.98 Å². The van der Waals surface area contributed by atoms with Gasteiger partial charge in [0.1, 0.15) is 5.82 Å². The van der Waals surface area contributed by atoms with Crippen LogP contribution in [0.5, 0.6) is 0 Å². The number of nitrogens with one attached hydrogen (secondary N) is 1. The molecule has 1 heterocycles. The first-order chi connectivity index (χ1) is 9.70. The second-order valence-electron chi connectivity index (χ2n) is 5.07. The van der Waals surface area contributed by atoms with Crippen molar-refractivity contribution in [3.63, 3.8) is 0 Å². The zero-order chi connectivity index (χ0) is 14.4. The lowest BCUT2D eigenvalue weighted by Gasteiger charge is -2.20. The largest absolute Gasteiger partial charge is 0.355 e. The summed E-state index contributed by atoms with van der Waals surface area (Å²) in [5.74, 6) is 1.01. The van der Waals surface area contributed by atoms with Crippen molar-refractivity contribution < 1.29 is 0 Å². The molecule has 106 valence electrons. The number of pyridine rings is 1. The second kappa shape index (κ2) is 7.06. The number of hydrogen-bond acceptors (Lipinski definition) is 3. The van der Waals surface area contributed by atoms with Crippen LogP contribution in [0.1, 0.15) is 31.0 Å². The number of nitrogens with zero attached hydrogens (tertiary/aromatic N) is 2. The fourth-order valence-electron chi connectivity index (χ4n) is 2.27. The van der Waals surface area contributed by atoms with E-state index in [1.54, 1.807) is 0 Å². The molecule has 0 aliphatic heterocycles. The van der Waals surface area contributed by atoms with Crippen LogP contribution < -0.4 is 10.2 Å². The Morgan fingerprint density at radius 3 is 2.65 bits per heavy atom. The number of hydrogen-bond donors (Lipinski definition) is 1. The molecule has 0 bridgehead atoms. The summed E-state index contributed by atoms with van der Waals surface area (Å²) in [5.41, 5.74) is 2.57. The van der Waals surface area contributed by atoms with E-state index in [1.807, 2.05) is 12.3 Å². The van der Waals surface area contributed by atoms with Gasteiger partial charge in [-0.05, 0) is 36.7 Å². The Kier molecular flexibility index (Phi) is 5.13. The molecule has 20 heavy (non-hydrogen) atoms. The van der Waals surface area contributed by atoms with E-state index in [1.165, 1.54) is 11.1 Å². The van der Waals surface area contributed by atoms with E-state index in [2.05, 4.69) is 72.5 Å². The minimum atomic E-state index is 0.354. The van der Waals surface area contributed by atoms with Crippen LogP contribution in [-0.4, -0.2) is 18.6 Å². The highest BCUT2D eigenvalue weighted by Gasteiger charge is 2.08. The van der Waals surface area contributed by atoms with Crippen molar-refractivity contribution in [1.82, 2.24) is 10.3 Å². The van der Waals surface area contributed by atoms with Gasteiger partial charge >= 0.3 is 0 Å². The molecule has 1 N–H and O–H groups in total. The fourth-order valence-corrected chi connectivity index (χ4v) is 2.27. The van der Waals surface area contributed by atoms with Crippen LogP contribution in [0, 0.1) is 0 Å². The molecule has 0 fully saturated rings. The van der Waals surface area contributed by atoms with Crippen LogP contribution in [0.2, 0.25) is 0 Å². The molecule has 0 aliphatic rings. The summed E-state index contributed by atoms with van der Waals surface area (Å²) in [6.07, 6.45) is 1.89. The third-order valence-electron chi connectivity index (χ3n) is 3.43. The molecule has 0 radical (unpaired) electrons. The summed E-state index contributed by atoms with van der Waals surface area (Å²) in [7, 11) is 2.08. The minimum absolute atomic E-state index is 0.354. The molecule has 3 heteroatoms. The van der Waals surface area contributed by atoms with Crippen LogP contribution in [0.4, 0.5) is 5.82 Å². The second-order valence-corrected chi connectivity index (χ2v) is 5.07. The Hall–Kier alpha value is -1.87. The summed E-state index contributed by atoms with van der Waals surface area (Å²) >= 11 is 0. The fraction of sp³-hybridized carbons (Fsp3) is 0.353. The zero-order valence-electron chi connectivity index (χ0n) is 12.5. The highest BCUT2D eigenvalue weighted by atomic mass is 15.2. The molecule has 2 aromatic rings. The third kappa shape index (κ3) is 3.81. The SMILES string of the molecule is CCNC(C)c1ccnc(N(C)Cc2ccccc2)c1. The first-order valence-corrected chi connectivity index (χ1v) is 7.15. The van der Waals surface area contributed by atoms with Crippen molar-refractivity contribution in [2.45, 2.75) is 26.4 Å². The molecule has 0 saturated carbocycles. The Balaban J connectivity index is 2.10. The topological polar surface area (TPSA) is 28.2 Å². The van der Waals surface area contributed by atoms with Crippen LogP contribution >= 0.6 is 0 Å². The molecule has 1 atom stereocenters. The lowest BCUT2D eigenvalue weighted by Crippen LogP contribution is -2.20. The molecule has 1 unspecified atom stereocenters. The monoisotopic (exact) mass is 269 g/mol. The van der Waals surface area contributed by atoms with E-state index in [9.17, 15) is 0 Å². The summed E-state index contributed by atoms with van der Waals surface area (Å²) < 4.78 is 0. The average molecular weight is 269 g/mol. The van der Waals surface area contributed by atoms with Gasteiger partial charge in [0.25, 0.3) is 0 Å².